The van der Waals surface area contributed by atoms with Crippen molar-refractivity contribution in [3.05, 3.63) is 114 Å². The predicted molar refractivity (Wildman–Crippen MR) is 146 cm³/mol. The number of nitro groups is 1. The Labute approximate surface area is 240 Å². The van der Waals surface area contributed by atoms with Crippen LogP contribution in [-0.4, -0.2) is 34.0 Å². The van der Waals surface area contributed by atoms with E-state index in [9.17, 15) is 37.3 Å². The SMILES string of the molecule is CCc1ccc(-n2c(=O)c3c(CBr)n(-c4ccc([N+](=O)[O-])cc4)nc3n(Cc3c(F)cccc3C(F)(F)F)c2=O)nn1. The van der Waals surface area contributed by atoms with E-state index in [4.69, 9.17) is 0 Å². The highest BCUT2D eigenvalue weighted by atomic mass is 79.9. The van der Waals surface area contributed by atoms with Gasteiger partial charge >= 0.3 is 11.9 Å². The number of benzene rings is 2. The molecule has 0 saturated heterocycles. The Bertz CT molecular complexity index is 1950. The molecule has 0 atom stereocenters. The Kier molecular flexibility index (Phi) is 7.49. The maximum Gasteiger partial charge on any atom is 0.416 e. The van der Waals surface area contributed by atoms with Crippen molar-refractivity contribution >= 4 is 32.7 Å². The molecule has 2 aromatic carbocycles. The number of rotatable bonds is 7. The van der Waals surface area contributed by atoms with Gasteiger partial charge in [-0.25, -0.2) is 18.4 Å². The second-order valence-electron chi connectivity index (χ2n) is 8.97. The maximum absolute atomic E-state index is 14.9. The van der Waals surface area contributed by atoms with Gasteiger partial charge in [-0.1, -0.05) is 28.9 Å². The molecule has 0 spiro atoms. The first-order valence-electron chi connectivity index (χ1n) is 12.2. The smallest absolute Gasteiger partial charge is 0.271 e. The first-order valence-corrected chi connectivity index (χ1v) is 13.3. The highest BCUT2D eigenvalue weighted by Crippen LogP contribution is 2.34. The Morgan fingerprint density at radius 3 is 2.31 bits per heavy atom. The lowest BCUT2D eigenvalue weighted by atomic mass is 10.1. The molecule has 0 amide bonds. The Morgan fingerprint density at radius 2 is 1.74 bits per heavy atom. The minimum Gasteiger partial charge on any atom is -0.271 e. The van der Waals surface area contributed by atoms with E-state index in [2.05, 4.69) is 31.2 Å². The van der Waals surface area contributed by atoms with E-state index < -0.39 is 45.8 Å². The van der Waals surface area contributed by atoms with Gasteiger partial charge in [0.25, 0.3) is 11.2 Å². The van der Waals surface area contributed by atoms with Crippen LogP contribution in [0.25, 0.3) is 22.5 Å². The highest BCUT2D eigenvalue weighted by molar-refractivity contribution is 9.08. The molecule has 0 bridgehead atoms. The zero-order valence-corrected chi connectivity index (χ0v) is 23.1. The number of hydrogen-bond acceptors (Lipinski definition) is 7. The number of nitrogens with zero attached hydrogens (tertiary/aromatic N) is 7. The molecule has 5 rings (SSSR count). The lowest BCUT2D eigenvalue weighted by molar-refractivity contribution is -0.384. The van der Waals surface area contributed by atoms with Crippen molar-refractivity contribution in [2.24, 2.45) is 0 Å². The van der Waals surface area contributed by atoms with Crippen LogP contribution in [0.2, 0.25) is 0 Å². The molecule has 5 aromatic rings. The highest BCUT2D eigenvalue weighted by Gasteiger charge is 2.35. The third-order valence-corrected chi connectivity index (χ3v) is 7.06. The molecule has 0 saturated carbocycles. The van der Waals surface area contributed by atoms with Gasteiger partial charge in [-0.3, -0.25) is 19.5 Å². The minimum absolute atomic E-state index is 0.0259. The van der Waals surface area contributed by atoms with Crippen molar-refractivity contribution in [2.75, 3.05) is 0 Å². The Balaban J connectivity index is 1.86. The summed E-state index contributed by atoms with van der Waals surface area (Å²) in [5.41, 5.74) is -3.72. The van der Waals surface area contributed by atoms with Gasteiger partial charge in [-0.05, 0) is 42.8 Å². The minimum atomic E-state index is -4.95. The molecule has 42 heavy (non-hydrogen) atoms. The van der Waals surface area contributed by atoms with Crippen LogP contribution >= 0.6 is 15.9 Å². The van der Waals surface area contributed by atoms with Crippen LogP contribution in [0.5, 0.6) is 0 Å². The van der Waals surface area contributed by atoms with E-state index in [1.54, 1.807) is 0 Å². The Hall–Kier alpha value is -4.73. The van der Waals surface area contributed by atoms with Crippen molar-refractivity contribution in [2.45, 2.75) is 31.4 Å². The molecule has 0 radical (unpaired) electrons. The topological polar surface area (TPSA) is 131 Å². The predicted octanol–water partition coefficient (Wildman–Crippen LogP) is 4.70. The van der Waals surface area contributed by atoms with Gasteiger partial charge in [0, 0.05) is 23.0 Å². The maximum atomic E-state index is 14.9. The monoisotopic (exact) mass is 647 g/mol. The molecule has 0 aliphatic carbocycles. The second kappa shape index (κ2) is 10.9. The first-order chi connectivity index (χ1) is 20.0. The largest absolute Gasteiger partial charge is 0.416 e. The van der Waals surface area contributed by atoms with Gasteiger partial charge in [0.1, 0.15) is 11.2 Å². The van der Waals surface area contributed by atoms with Crippen molar-refractivity contribution < 1.29 is 22.5 Å². The van der Waals surface area contributed by atoms with Crippen LogP contribution in [0.1, 0.15) is 29.4 Å². The van der Waals surface area contributed by atoms with Crippen molar-refractivity contribution in [3.63, 3.8) is 0 Å². The lowest BCUT2D eigenvalue weighted by Gasteiger charge is -2.16. The normalized spacial score (nSPS) is 11.8. The van der Waals surface area contributed by atoms with Gasteiger partial charge in [0.05, 0.1) is 34.1 Å². The van der Waals surface area contributed by atoms with Crippen LogP contribution in [0.15, 0.2) is 64.2 Å². The van der Waals surface area contributed by atoms with Crippen LogP contribution in [0.3, 0.4) is 0 Å². The summed E-state index contributed by atoms with van der Waals surface area (Å²) in [6.07, 6.45) is -4.44. The quantitative estimate of drug-likeness (QED) is 0.108. The van der Waals surface area contributed by atoms with Gasteiger partial charge in [-0.2, -0.15) is 18.3 Å². The molecule has 11 nitrogen and oxygen atoms in total. The second-order valence-corrected chi connectivity index (χ2v) is 9.53. The number of alkyl halides is 4. The number of fused-ring (bicyclic) bond motifs is 1. The van der Waals surface area contributed by atoms with Crippen LogP contribution in [0.4, 0.5) is 23.2 Å². The van der Waals surface area contributed by atoms with Gasteiger partial charge < -0.3 is 0 Å². The number of aromatic nitrogens is 6. The molecule has 16 heteroatoms. The molecule has 0 aliphatic heterocycles. The third-order valence-electron chi connectivity index (χ3n) is 6.53. The molecule has 3 heterocycles. The first kappa shape index (κ1) is 28.8. The molecular weight excluding hydrogens is 630 g/mol. The van der Waals surface area contributed by atoms with E-state index in [-0.39, 0.29) is 39.3 Å². The number of non-ortho nitro benzene ring substituents is 1. The van der Waals surface area contributed by atoms with Gasteiger partial charge in [0.15, 0.2) is 11.5 Å². The Morgan fingerprint density at radius 1 is 1.02 bits per heavy atom. The summed E-state index contributed by atoms with van der Waals surface area (Å²) in [6, 6.07) is 10.4. The number of nitro benzene ring substituents is 1. The van der Waals surface area contributed by atoms with Crippen LogP contribution in [-0.2, 0) is 24.5 Å². The summed E-state index contributed by atoms with van der Waals surface area (Å²) in [6.45, 7) is 0.882. The fourth-order valence-corrected chi connectivity index (χ4v) is 4.98. The fraction of sp³-hybridized carbons (Fsp3) is 0.192. The molecular formula is C26H18BrF4N7O4. The van der Waals surface area contributed by atoms with E-state index in [1.165, 1.54) is 41.1 Å². The lowest BCUT2D eigenvalue weighted by Crippen LogP contribution is -2.40. The van der Waals surface area contributed by atoms with E-state index in [1.807, 2.05) is 6.92 Å². The van der Waals surface area contributed by atoms with Crippen molar-refractivity contribution in [1.29, 1.82) is 0 Å². The van der Waals surface area contributed by atoms with E-state index in [0.29, 0.717) is 22.7 Å². The number of aryl methyl sites for hydroxylation is 1. The fourth-order valence-electron chi connectivity index (χ4n) is 4.46. The average Bonchev–Trinajstić information content (AvgIpc) is 3.35. The number of hydrogen-bond donors (Lipinski definition) is 0. The van der Waals surface area contributed by atoms with E-state index in [0.717, 1.165) is 16.7 Å². The summed E-state index contributed by atoms with van der Waals surface area (Å²) < 4.78 is 59.1. The molecule has 216 valence electrons. The summed E-state index contributed by atoms with van der Waals surface area (Å²) in [7, 11) is 0. The summed E-state index contributed by atoms with van der Waals surface area (Å²) in [4.78, 5) is 38.2. The summed E-state index contributed by atoms with van der Waals surface area (Å²) >= 11 is 3.30. The van der Waals surface area contributed by atoms with Crippen molar-refractivity contribution in [3.8, 4) is 11.5 Å². The summed E-state index contributed by atoms with van der Waals surface area (Å²) in [5.74, 6) is -1.42. The van der Waals surface area contributed by atoms with Crippen molar-refractivity contribution in [1.82, 2.24) is 29.1 Å². The molecule has 0 fully saturated rings. The zero-order valence-electron chi connectivity index (χ0n) is 21.5. The van der Waals surface area contributed by atoms with Crippen LogP contribution in [0, 0.1) is 15.9 Å². The zero-order chi connectivity index (χ0) is 30.3. The molecule has 3 aromatic heterocycles. The van der Waals surface area contributed by atoms with Gasteiger partial charge in [0.2, 0.25) is 0 Å². The standard InChI is InChI=1S/C26H18BrF4N7O4/c1-2-14-6-11-21(33-32-14)36-24(39)22-20(12-27)37(15-7-9-16(10-8-15)38(41)42)34-23(22)35(25(36)40)13-17-18(26(29,30)31)4-3-5-19(17)28/h3-11H,2,12-13H2,1H3. The van der Waals surface area contributed by atoms with Gasteiger partial charge in [-0.15, -0.1) is 10.2 Å². The molecule has 0 unspecified atom stereocenters. The number of halogens is 5. The molecule has 0 aliphatic rings. The summed E-state index contributed by atoms with van der Waals surface area (Å²) in [5, 5.41) is 23.2. The van der Waals surface area contributed by atoms with E-state index >= 15 is 0 Å². The average molecular weight is 648 g/mol. The third kappa shape index (κ3) is 4.97. The van der Waals surface area contributed by atoms with Crippen LogP contribution < -0.4 is 11.2 Å². The molecule has 0 N–H and O–H groups in total.